The van der Waals surface area contributed by atoms with Crippen LogP contribution in [0.1, 0.15) is 38.5 Å². The number of ether oxygens (including phenoxy) is 2. The van der Waals surface area contributed by atoms with Crippen LogP contribution in [0.2, 0.25) is 5.02 Å². The Labute approximate surface area is 216 Å². The van der Waals surface area contributed by atoms with Crippen molar-refractivity contribution < 1.29 is 27.5 Å². The summed E-state index contributed by atoms with van der Waals surface area (Å²) in [6.45, 7) is -0.521. The van der Waals surface area contributed by atoms with Gasteiger partial charge in [-0.25, -0.2) is 13.2 Å². The van der Waals surface area contributed by atoms with Crippen LogP contribution in [0.15, 0.2) is 53.4 Å². The van der Waals surface area contributed by atoms with Crippen molar-refractivity contribution in [1.29, 1.82) is 0 Å². The standard InChI is InChI=1S/C27H30ClNO6S/c1-29(36(32,33)24-8-2-21(28)3-9-24)22-4-6-23(7-5-22)34-17-26(31)35-16-25(30)27-13-18-10-19(14-27)12-20(11-18)15-27/h2-9,18-20H,10-17H2,1H3. The van der Waals surface area contributed by atoms with E-state index in [-0.39, 0.29) is 29.3 Å². The van der Waals surface area contributed by atoms with Crippen LogP contribution < -0.4 is 9.04 Å². The number of halogens is 1. The monoisotopic (exact) mass is 531 g/mol. The maximum atomic E-state index is 13.0. The Morgan fingerprint density at radius 1 is 0.917 bits per heavy atom. The zero-order valence-corrected chi connectivity index (χ0v) is 21.8. The largest absolute Gasteiger partial charge is 0.482 e. The molecular weight excluding hydrogens is 502 g/mol. The molecule has 0 heterocycles. The minimum absolute atomic E-state index is 0.0595. The van der Waals surface area contributed by atoms with Crippen LogP contribution >= 0.6 is 11.6 Å². The lowest BCUT2D eigenvalue weighted by Crippen LogP contribution is -2.51. The quantitative estimate of drug-likeness (QED) is 0.429. The van der Waals surface area contributed by atoms with Crippen LogP contribution in [0, 0.1) is 23.2 Å². The highest BCUT2D eigenvalue weighted by Crippen LogP contribution is 2.60. The maximum Gasteiger partial charge on any atom is 0.344 e. The predicted molar refractivity (Wildman–Crippen MR) is 136 cm³/mol. The summed E-state index contributed by atoms with van der Waals surface area (Å²) < 4.78 is 37.6. The van der Waals surface area contributed by atoms with Crippen LogP contribution in [0.25, 0.3) is 0 Å². The number of carbonyl (C=O) groups is 2. The summed E-state index contributed by atoms with van der Waals surface area (Å²) in [7, 11) is -2.30. The van der Waals surface area contributed by atoms with E-state index in [0.717, 1.165) is 23.6 Å². The molecule has 0 radical (unpaired) electrons. The molecule has 4 fully saturated rings. The van der Waals surface area contributed by atoms with E-state index in [4.69, 9.17) is 21.1 Å². The number of ketones is 1. The molecule has 0 amide bonds. The number of esters is 1. The molecule has 0 aromatic heterocycles. The van der Waals surface area contributed by atoms with Crippen molar-refractivity contribution in [1.82, 2.24) is 0 Å². The van der Waals surface area contributed by atoms with Crippen molar-refractivity contribution in [2.24, 2.45) is 23.2 Å². The van der Waals surface area contributed by atoms with Gasteiger partial charge in [-0.05, 0) is 105 Å². The van der Waals surface area contributed by atoms with E-state index in [0.29, 0.717) is 34.2 Å². The van der Waals surface area contributed by atoms with E-state index in [1.165, 1.54) is 50.6 Å². The molecule has 2 aromatic rings. The Morgan fingerprint density at radius 2 is 1.47 bits per heavy atom. The van der Waals surface area contributed by atoms with Crippen molar-refractivity contribution in [3.8, 4) is 5.75 Å². The third kappa shape index (κ3) is 4.98. The first kappa shape index (κ1) is 25.1. The summed E-state index contributed by atoms with van der Waals surface area (Å²) >= 11 is 5.85. The molecule has 4 saturated carbocycles. The van der Waals surface area contributed by atoms with Gasteiger partial charge in [-0.1, -0.05) is 11.6 Å². The number of carbonyl (C=O) groups excluding carboxylic acids is 2. The molecule has 0 unspecified atom stereocenters. The number of benzene rings is 2. The number of sulfonamides is 1. The van der Waals surface area contributed by atoms with Crippen LogP contribution in [0.4, 0.5) is 5.69 Å². The lowest BCUT2D eigenvalue weighted by Gasteiger charge is -2.55. The smallest absolute Gasteiger partial charge is 0.344 e. The molecule has 2 aromatic carbocycles. The Bertz CT molecular complexity index is 1210. The lowest BCUT2D eigenvalue weighted by molar-refractivity contribution is -0.158. The second-order valence-corrected chi connectivity index (χ2v) is 12.9. The van der Waals surface area contributed by atoms with E-state index >= 15 is 0 Å². The third-order valence-corrected chi connectivity index (χ3v) is 10.1. The first-order valence-corrected chi connectivity index (χ1v) is 14.1. The summed E-state index contributed by atoms with van der Waals surface area (Å²) in [5, 5.41) is 0.453. The molecule has 7 nitrogen and oxygen atoms in total. The molecule has 0 saturated heterocycles. The number of Topliss-reactive ketones (excluding diaryl/α,β-unsaturated/α-hetero) is 1. The van der Waals surface area contributed by atoms with Gasteiger partial charge in [-0.2, -0.15) is 0 Å². The van der Waals surface area contributed by atoms with Crippen molar-refractivity contribution >= 4 is 39.1 Å². The summed E-state index contributed by atoms with van der Waals surface area (Å²) in [6.07, 6.45) is 6.59. The second-order valence-electron chi connectivity index (χ2n) is 10.5. The zero-order valence-electron chi connectivity index (χ0n) is 20.2. The average molecular weight is 532 g/mol. The molecule has 4 bridgehead atoms. The first-order valence-electron chi connectivity index (χ1n) is 12.3. The van der Waals surface area contributed by atoms with Gasteiger partial charge in [0.1, 0.15) is 5.75 Å². The van der Waals surface area contributed by atoms with Crippen molar-refractivity contribution in [3.63, 3.8) is 0 Å². The molecule has 0 N–H and O–H groups in total. The Kier molecular flexibility index (Phi) is 6.76. The minimum Gasteiger partial charge on any atom is -0.482 e. The van der Waals surface area contributed by atoms with E-state index in [1.807, 2.05) is 0 Å². The minimum atomic E-state index is -3.75. The van der Waals surface area contributed by atoms with Gasteiger partial charge in [0.15, 0.2) is 19.0 Å². The molecule has 192 valence electrons. The number of hydrogen-bond acceptors (Lipinski definition) is 6. The van der Waals surface area contributed by atoms with Crippen LogP contribution in [0.3, 0.4) is 0 Å². The molecule has 0 atom stereocenters. The topological polar surface area (TPSA) is 90.0 Å². The second kappa shape index (κ2) is 9.71. The van der Waals surface area contributed by atoms with E-state index in [9.17, 15) is 18.0 Å². The number of rotatable bonds is 9. The van der Waals surface area contributed by atoms with Gasteiger partial charge >= 0.3 is 5.97 Å². The van der Waals surface area contributed by atoms with Gasteiger partial charge in [0, 0.05) is 17.5 Å². The van der Waals surface area contributed by atoms with Crippen LogP contribution in [0.5, 0.6) is 5.75 Å². The van der Waals surface area contributed by atoms with Gasteiger partial charge in [0.2, 0.25) is 0 Å². The van der Waals surface area contributed by atoms with Gasteiger partial charge < -0.3 is 9.47 Å². The molecule has 36 heavy (non-hydrogen) atoms. The predicted octanol–water partition coefficient (Wildman–Crippen LogP) is 4.87. The molecular formula is C27H30ClNO6S. The van der Waals surface area contributed by atoms with Gasteiger partial charge in [0.05, 0.1) is 10.6 Å². The molecule has 4 aliphatic rings. The maximum absolute atomic E-state index is 13.0. The molecule has 0 spiro atoms. The van der Waals surface area contributed by atoms with Crippen molar-refractivity contribution in [2.75, 3.05) is 24.6 Å². The fourth-order valence-electron chi connectivity index (χ4n) is 6.59. The van der Waals surface area contributed by atoms with E-state index < -0.39 is 16.0 Å². The molecule has 0 aliphatic heterocycles. The molecule has 4 aliphatic carbocycles. The summed E-state index contributed by atoms with van der Waals surface area (Å²) in [5.74, 6) is 1.82. The normalized spacial score (nSPS) is 26.4. The Morgan fingerprint density at radius 3 is 2.03 bits per heavy atom. The highest BCUT2D eigenvalue weighted by atomic mass is 35.5. The first-order chi connectivity index (χ1) is 17.1. The lowest BCUT2D eigenvalue weighted by atomic mass is 9.48. The summed E-state index contributed by atoms with van der Waals surface area (Å²) in [5.41, 5.74) is 0.144. The van der Waals surface area contributed by atoms with E-state index in [2.05, 4.69) is 0 Å². The summed E-state index contributed by atoms with van der Waals surface area (Å²) in [4.78, 5) is 25.4. The fourth-order valence-corrected chi connectivity index (χ4v) is 7.91. The fraction of sp³-hybridized carbons (Fsp3) is 0.481. The van der Waals surface area contributed by atoms with Crippen LogP contribution in [-0.2, 0) is 24.3 Å². The van der Waals surface area contributed by atoms with E-state index in [1.54, 1.807) is 24.3 Å². The van der Waals surface area contributed by atoms with Gasteiger partial charge in [0.25, 0.3) is 10.0 Å². The number of anilines is 1. The van der Waals surface area contributed by atoms with Crippen LogP contribution in [-0.4, -0.2) is 40.4 Å². The molecule has 9 heteroatoms. The van der Waals surface area contributed by atoms with Crippen molar-refractivity contribution in [3.05, 3.63) is 53.6 Å². The third-order valence-electron chi connectivity index (χ3n) is 8.02. The number of nitrogens with zero attached hydrogens (tertiary/aromatic N) is 1. The van der Waals surface area contributed by atoms with Gasteiger partial charge in [-0.3, -0.25) is 9.10 Å². The average Bonchev–Trinajstić information content (AvgIpc) is 2.85. The highest BCUT2D eigenvalue weighted by molar-refractivity contribution is 7.92. The highest BCUT2D eigenvalue weighted by Gasteiger charge is 2.54. The SMILES string of the molecule is CN(c1ccc(OCC(=O)OCC(=O)C23CC4CC(CC(C4)C2)C3)cc1)S(=O)(=O)c1ccc(Cl)cc1. The Balaban J connectivity index is 1.12. The molecule has 6 rings (SSSR count). The van der Waals surface area contributed by atoms with Crippen molar-refractivity contribution in [2.45, 2.75) is 43.4 Å². The van der Waals surface area contributed by atoms with Gasteiger partial charge in [-0.15, -0.1) is 0 Å². The zero-order chi connectivity index (χ0) is 25.5. The Hall–Kier alpha value is -2.58. The summed E-state index contributed by atoms with van der Waals surface area (Å²) in [6, 6.07) is 12.3. The number of hydrogen-bond donors (Lipinski definition) is 0.